The van der Waals surface area contributed by atoms with Crippen molar-refractivity contribution in [2.45, 2.75) is 18.6 Å². The molecule has 1 N–H and O–H groups in total. The molecule has 5 nitrogen and oxygen atoms in total. The number of nitrogens with one attached hydrogen (secondary N) is 1. The van der Waals surface area contributed by atoms with Crippen LogP contribution in [0, 0.1) is 5.82 Å². The van der Waals surface area contributed by atoms with Gasteiger partial charge in [0.15, 0.2) is 11.6 Å². The number of carbonyl (C=O) groups is 1. The largest absolute Gasteiger partial charge is 0.338 e. The number of likely N-dealkylation sites (tertiary alicyclic amines) is 1. The summed E-state index contributed by atoms with van der Waals surface area (Å²) in [6.45, 7) is 1.00. The van der Waals surface area contributed by atoms with E-state index in [9.17, 15) is 9.18 Å². The Morgan fingerprint density at radius 2 is 1.92 bits per heavy atom. The number of aliphatic imine (C=N–C) groups is 1. The lowest BCUT2D eigenvalue weighted by Crippen LogP contribution is -2.46. The zero-order valence-corrected chi connectivity index (χ0v) is 14.7. The van der Waals surface area contributed by atoms with Crippen molar-refractivity contribution < 1.29 is 14.0 Å². The van der Waals surface area contributed by atoms with Crippen molar-refractivity contribution in [1.29, 1.82) is 0 Å². The predicted octanol–water partition coefficient (Wildman–Crippen LogP) is 3.39. The van der Waals surface area contributed by atoms with E-state index in [2.05, 4.69) is 5.48 Å². The third-order valence-electron chi connectivity index (χ3n) is 4.70. The van der Waals surface area contributed by atoms with E-state index in [4.69, 9.17) is 21.4 Å². The average molecular weight is 374 g/mol. The maximum absolute atomic E-state index is 13.3. The van der Waals surface area contributed by atoms with Crippen LogP contribution in [0.4, 0.5) is 4.39 Å². The Morgan fingerprint density at radius 1 is 1.19 bits per heavy atom. The van der Waals surface area contributed by atoms with Crippen LogP contribution in [0.2, 0.25) is 5.02 Å². The maximum Gasteiger partial charge on any atom is 0.253 e. The zero-order chi connectivity index (χ0) is 18.1. The third-order valence-corrected chi connectivity index (χ3v) is 4.99. The maximum atomic E-state index is 13.3. The molecule has 2 aromatic carbocycles. The molecular weight excluding hydrogens is 357 g/mol. The molecule has 2 heterocycles. The van der Waals surface area contributed by atoms with Gasteiger partial charge in [-0.15, -0.1) is 0 Å². The number of amidine groups is 1. The van der Waals surface area contributed by atoms with Crippen LogP contribution >= 0.6 is 11.6 Å². The van der Waals surface area contributed by atoms with Crippen LogP contribution in [0.25, 0.3) is 0 Å². The first-order chi connectivity index (χ1) is 12.6. The Kier molecular flexibility index (Phi) is 4.38. The smallest absolute Gasteiger partial charge is 0.253 e. The van der Waals surface area contributed by atoms with Crippen molar-refractivity contribution in [3.8, 4) is 0 Å². The summed E-state index contributed by atoms with van der Waals surface area (Å²) in [5.41, 5.74) is 3.60. The fraction of sp³-hybridized carbons (Fsp3) is 0.263. The van der Waals surface area contributed by atoms with Gasteiger partial charge in [-0.25, -0.2) is 19.7 Å². The minimum Gasteiger partial charge on any atom is -0.338 e. The summed E-state index contributed by atoms with van der Waals surface area (Å²) in [5, 5.41) is -0.0511. The zero-order valence-electron chi connectivity index (χ0n) is 13.9. The Morgan fingerprint density at radius 3 is 2.62 bits per heavy atom. The molecule has 1 amide bonds. The van der Waals surface area contributed by atoms with Crippen molar-refractivity contribution in [2.75, 3.05) is 13.1 Å². The van der Waals surface area contributed by atoms with Gasteiger partial charge in [0.1, 0.15) is 5.82 Å². The first-order valence-corrected chi connectivity index (χ1v) is 8.78. The molecule has 0 saturated carbocycles. The number of rotatable bonds is 2. The van der Waals surface area contributed by atoms with Gasteiger partial charge in [0, 0.05) is 37.1 Å². The summed E-state index contributed by atoms with van der Waals surface area (Å²) >= 11 is 5.78. The highest BCUT2D eigenvalue weighted by Crippen LogP contribution is 2.31. The molecule has 7 heteroatoms. The number of hydrogen-bond donors (Lipinski definition) is 1. The summed E-state index contributed by atoms with van der Waals surface area (Å²) in [5.74, 6) is 0.00434. The number of halogens is 2. The second-order valence-corrected chi connectivity index (χ2v) is 6.81. The first kappa shape index (κ1) is 17.0. The molecule has 0 bridgehead atoms. The van der Waals surface area contributed by atoms with Gasteiger partial charge in [-0.1, -0.05) is 41.9 Å². The molecule has 2 aromatic rings. The number of piperidine rings is 1. The second kappa shape index (κ2) is 6.70. The van der Waals surface area contributed by atoms with E-state index in [0.29, 0.717) is 37.3 Å². The lowest BCUT2D eigenvalue weighted by atomic mass is 10.00. The lowest BCUT2D eigenvalue weighted by molar-refractivity contribution is -0.0849. The van der Waals surface area contributed by atoms with Crippen LogP contribution < -0.4 is 5.48 Å². The number of hydroxylamine groups is 1. The summed E-state index contributed by atoms with van der Waals surface area (Å²) in [4.78, 5) is 24.8. The number of nitrogens with zero attached hydrogens (tertiary/aromatic N) is 2. The average Bonchev–Trinajstić information content (AvgIpc) is 3.08. The Balaban J connectivity index is 1.45. The number of benzene rings is 2. The molecule has 2 aliphatic rings. The summed E-state index contributed by atoms with van der Waals surface area (Å²) in [6.07, 6.45) is 1.16. The van der Waals surface area contributed by atoms with Crippen molar-refractivity contribution in [3.63, 3.8) is 0 Å². The van der Waals surface area contributed by atoms with Crippen LogP contribution in [0.1, 0.15) is 28.8 Å². The van der Waals surface area contributed by atoms with E-state index >= 15 is 0 Å². The summed E-state index contributed by atoms with van der Waals surface area (Å²) < 4.78 is 13.3. The molecule has 1 spiro atoms. The molecule has 0 atom stereocenters. The molecule has 0 radical (unpaired) electrons. The lowest BCUT2D eigenvalue weighted by Gasteiger charge is -2.35. The molecule has 4 rings (SSSR count). The first-order valence-electron chi connectivity index (χ1n) is 8.40. The monoisotopic (exact) mass is 373 g/mol. The van der Waals surface area contributed by atoms with Crippen LogP contribution in [0.3, 0.4) is 0 Å². The van der Waals surface area contributed by atoms with Crippen LogP contribution in [-0.2, 0) is 4.84 Å². The fourth-order valence-electron chi connectivity index (χ4n) is 3.20. The van der Waals surface area contributed by atoms with Gasteiger partial charge in [0.05, 0.1) is 5.02 Å². The highest BCUT2D eigenvalue weighted by Gasteiger charge is 2.41. The predicted molar refractivity (Wildman–Crippen MR) is 96.5 cm³/mol. The van der Waals surface area contributed by atoms with Gasteiger partial charge in [-0.3, -0.25) is 4.79 Å². The third kappa shape index (κ3) is 3.18. The highest BCUT2D eigenvalue weighted by atomic mass is 35.5. The van der Waals surface area contributed by atoms with Crippen molar-refractivity contribution >= 4 is 23.3 Å². The van der Waals surface area contributed by atoms with E-state index in [1.54, 1.807) is 4.90 Å². The van der Waals surface area contributed by atoms with Crippen molar-refractivity contribution in [2.24, 2.45) is 4.99 Å². The minimum atomic E-state index is -0.650. The van der Waals surface area contributed by atoms with Crippen LogP contribution in [-0.4, -0.2) is 35.5 Å². The van der Waals surface area contributed by atoms with Crippen molar-refractivity contribution in [1.82, 2.24) is 10.4 Å². The SMILES string of the molecule is O=C(c1ccc(F)c(Cl)c1)N1CCC2(CC1)N=C(c1ccccc1)NO2. The molecule has 0 aliphatic carbocycles. The number of hydrogen-bond acceptors (Lipinski definition) is 4. The fourth-order valence-corrected chi connectivity index (χ4v) is 3.38. The van der Waals surface area contributed by atoms with Crippen LogP contribution in [0.5, 0.6) is 0 Å². The van der Waals surface area contributed by atoms with Gasteiger partial charge in [-0.05, 0) is 18.2 Å². The summed E-state index contributed by atoms with van der Waals surface area (Å²) in [7, 11) is 0. The van der Waals surface area contributed by atoms with Gasteiger partial charge in [0.2, 0.25) is 0 Å². The molecule has 0 unspecified atom stereocenters. The summed E-state index contributed by atoms with van der Waals surface area (Å²) in [6, 6.07) is 13.8. The van der Waals surface area contributed by atoms with Crippen LogP contribution in [0.15, 0.2) is 53.5 Å². The molecule has 2 aliphatic heterocycles. The van der Waals surface area contributed by atoms with E-state index in [0.717, 1.165) is 5.56 Å². The molecule has 1 saturated heterocycles. The topological polar surface area (TPSA) is 53.9 Å². The number of amides is 1. The van der Waals surface area contributed by atoms with Gasteiger partial charge >= 0.3 is 0 Å². The van der Waals surface area contributed by atoms with E-state index in [-0.39, 0.29) is 10.9 Å². The molecular formula is C19H17ClFN3O2. The Hall–Kier alpha value is -2.44. The van der Waals surface area contributed by atoms with Gasteiger partial charge in [0.25, 0.3) is 5.91 Å². The van der Waals surface area contributed by atoms with E-state index in [1.807, 2.05) is 30.3 Å². The van der Waals surface area contributed by atoms with Gasteiger partial charge in [-0.2, -0.15) is 0 Å². The Bertz CT molecular complexity index is 864. The normalized spacial score (nSPS) is 18.5. The van der Waals surface area contributed by atoms with Crippen molar-refractivity contribution in [3.05, 3.63) is 70.5 Å². The molecule has 0 aromatic heterocycles. The van der Waals surface area contributed by atoms with Gasteiger partial charge < -0.3 is 4.90 Å². The quantitative estimate of drug-likeness (QED) is 0.877. The minimum absolute atomic E-state index is 0.0511. The second-order valence-electron chi connectivity index (χ2n) is 6.40. The van der Waals surface area contributed by atoms with E-state index in [1.165, 1.54) is 18.2 Å². The molecule has 26 heavy (non-hydrogen) atoms. The van der Waals surface area contributed by atoms with E-state index < -0.39 is 11.5 Å². The number of carbonyl (C=O) groups excluding carboxylic acids is 1. The molecule has 134 valence electrons. The standard InChI is InChI=1S/C19H17ClFN3O2/c20-15-12-14(6-7-16(15)21)18(25)24-10-8-19(9-11-24)22-17(23-26-19)13-4-2-1-3-5-13/h1-7,12H,8-11H2,(H,22,23). The molecule has 1 fully saturated rings. The Labute approximate surface area is 155 Å². The highest BCUT2D eigenvalue weighted by molar-refractivity contribution is 6.31.